The van der Waals surface area contributed by atoms with Gasteiger partial charge in [-0.05, 0) is 43.3 Å². The molecule has 9 heteroatoms. The predicted molar refractivity (Wildman–Crippen MR) is 113 cm³/mol. The van der Waals surface area contributed by atoms with Crippen LogP contribution in [0.4, 0.5) is 5.69 Å². The van der Waals surface area contributed by atoms with Gasteiger partial charge in [0.25, 0.3) is 5.91 Å². The molecule has 0 bridgehead atoms. The van der Waals surface area contributed by atoms with E-state index >= 15 is 0 Å². The second-order valence-corrected chi connectivity index (χ2v) is 8.61. The van der Waals surface area contributed by atoms with Crippen molar-refractivity contribution in [3.63, 3.8) is 0 Å². The van der Waals surface area contributed by atoms with E-state index in [1.54, 1.807) is 12.1 Å². The summed E-state index contributed by atoms with van der Waals surface area (Å²) in [5.74, 6) is 0.0611. The molecule has 0 heterocycles. The molecule has 0 saturated carbocycles. The molecule has 150 valence electrons. The first-order valence-corrected chi connectivity index (χ1v) is 10.6. The largest absolute Gasteiger partial charge is 0.456 e. The Kier molecular flexibility index (Phi) is 6.14. The Balaban J connectivity index is 1.95. The van der Waals surface area contributed by atoms with E-state index in [2.05, 4.69) is 5.32 Å². The lowest BCUT2D eigenvalue weighted by Gasteiger charge is -2.14. The number of rotatable bonds is 5. The van der Waals surface area contributed by atoms with Crippen LogP contribution in [-0.4, -0.2) is 14.3 Å². The fourth-order valence-electron chi connectivity index (χ4n) is 2.53. The van der Waals surface area contributed by atoms with E-state index in [9.17, 15) is 13.2 Å². The van der Waals surface area contributed by atoms with E-state index in [0.717, 1.165) is 5.56 Å². The van der Waals surface area contributed by atoms with Gasteiger partial charge in [-0.15, -0.1) is 0 Å². The number of benzene rings is 3. The Labute approximate surface area is 178 Å². The van der Waals surface area contributed by atoms with E-state index in [4.69, 9.17) is 33.1 Å². The van der Waals surface area contributed by atoms with Gasteiger partial charge in [0.1, 0.15) is 17.1 Å². The first kappa shape index (κ1) is 21.1. The molecule has 3 aromatic carbocycles. The maximum absolute atomic E-state index is 12.9. The first-order valence-electron chi connectivity index (χ1n) is 8.31. The summed E-state index contributed by atoms with van der Waals surface area (Å²) in [5.41, 5.74) is 1.33. The highest BCUT2D eigenvalue weighted by atomic mass is 35.5. The van der Waals surface area contributed by atoms with Crippen LogP contribution in [0.25, 0.3) is 0 Å². The summed E-state index contributed by atoms with van der Waals surface area (Å²) in [6.45, 7) is 1.94. The molecule has 0 fully saturated rings. The number of nitrogens with two attached hydrogens (primary N) is 1. The van der Waals surface area contributed by atoms with Crippen molar-refractivity contribution in [2.45, 2.75) is 11.8 Å². The van der Waals surface area contributed by atoms with E-state index in [0.29, 0.717) is 10.8 Å². The van der Waals surface area contributed by atoms with Crippen LogP contribution < -0.4 is 15.2 Å². The maximum Gasteiger partial charge on any atom is 0.260 e. The molecule has 29 heavy (non-hydrogen) atoms. The number of hydrogen-bond donors (Lipinski definition) is 2. The molecule has 3 rings (SSSR count). The fraction of sp³-hybridized carbons (Fsp3) is 0.0500. The zero-order valence-corrected chi connectivity index (χ0v) is 17.5. The lowest BCUT2D eigenvalue weighted by molar-refractivity contribution is 0.102. The van der Waals surface area contributed by atoms with Crippen LogP contribution >= 0.6 is 23.2 Å². The molecule has 3 aromatic rings. The lowest BCUT2D eigenvalue weighted by Crippen LogP contribution is -2.16. The summed E-state index contributed by atoms with van der Waals surface area (Å²) in [7, 11) is -3.91. The van der Waals surface area contributed by atoms with Crippen LogP contribution in [0.15, 0.2) is 65.6 Å². The van der Waals surface area contributed by atoms with Crippen molar-refractivity contribution in [2.24, 2.45) is 5.14 Å². The molecule has 0 aliphatic rings. The highest BCUT2D eigenvalue weighted by Crippen LogP contribution is 2.34. The third-order valence-corrected chi connectivity index (χ3v) is 5.34. The van der Waals surface area contributed by atoms with Gasteiger partial charge in [0.05, 0.1) is 9.92 Å². The number of ether oxygens (including phenoxy) is 1. The lowest BCUT2D eigenvalue weighted by atomic mass is 10.1. The van der Waals surface area contributed by atoms with Gasteiger partial charge >= 0.3 is 0 Å². The summed E-state index contributed by atoms with van der Waals surface area (Å²) in [6, 6.07) is 15.7. The third-order valence-electron chi connectivity index (χ3n) is 3.92. The number of primary sulfonamides is 1. The first-order chi connectivity index (χ1) is 13.6. The zero-order valence-electron chi connectivity index (χ0n) is 15.1. The van der Waals surface area contributed by atoms with Gasteiger partial charge in [0.2, 0.25) is 10.0 Å². The number of sulfonamides is 1. The van der Waals surface area contributed by atoms with Gasteiger partial charge in [-0.25, -0.2) is 13.6 Å². The topological polar surface area (TPSA) is 98.5 Å². The van der Waals surface area contributed by atoms with Crippen LogP contribution in [0, 0.1) is 6.92 Å². The standard InChI is InChI=1S/C20H16Cl2N2O4S/c1-12-5-7-15(8-6-12)28-18-10-13(21)9-17(22)19(18)20(25)24-14-3-2-4-16(11-14)29(23,26)27/h2-11H,1H3,(H,24,25)(H2,23,26,27). The Bertz CT molecular complexity index is 1180. The van der Waals surface area contributed by atoms with Crippen LogP contribution in [0.2, 0.25) is 10.0 Å². The molecule has 0 aliphatic carbocycles. The number of nitrogens with one attached hydrogen (secondary N) is 1. The maximum atomic E-state index is 12.9. The molecule has 0 unspecified atom stereocenters. The Hall–Kier alpha value is -2.58. The van der Waals surface area contributed by atoms with Crippen LogP contribution in [0.3, 0.4) is 0 Å². The van der Waals surface area contributed by atoms with E-state index in [1.807, 2.05) is 19.1 Å². The average Bonchev–Trinajstić information content (AvgIpc) is 2.62. The molecule has 0 spiro atoms. The summed E-state index contributed by atoms with van der Waals surface area (Å²) in [5, 5.41) is 8.11. The molecular weight excluding hydrogens is 435 g/mol. The van der Waals surface area contributed by atoms with Crippen molar-refractivity contribution in [3.05, 3.63) is 81.8 Å². The van der Waals surface area contributed by atoms with Crippen LogP contribution in [0.5, 0.6) is 11.5 Å². The second kappa shape index (κ2) is 8.42. The van der Waals surface area contributed by atoms with Gasteiger partial charge < -0.3 is 10.1 Å². The number of aryl methyl sites for hydroxylation is 1. The number of hydrogen-bond acceptors (Lipinski definition) is 4. The van der Waals surface area contributed by atoms with Gasteiger partial charge in [0, 0.05) is 16.8 Å². The van der Waals surface area contributed by atoms with Gasteiger partial charge in [-0.3, -0.25) is 4.79 Å². The van der Waals surface area contributed by atoms with Crippen molar-refractivity contribution in [1.82, 2.24) is 0 Å². The SMILES string of the molecule is Cc1ccc(Oc2cc(Cl)cc(Cl)c2C(=O)Nc2cccc(S(N)(=O)=O)c2)cc1. The quantitative estimate of drug-likeness (QED) is 0.571. The van der Waals surface area contributed by atoms with E-state index in [-0.39, 0.29) is 26.9 Å². The summed E-state index contributed by atoms with van der Waals surface area (Å²) in [4.78, 5) is 12.7. The molecule has 3 N–H and O–H groups in total. The molecule has 0 atom stereocenters. The van der Waals surface area contributed by atoms with Crippen molar-refractivity contribution in [2.75, 3.05) is 5.32 Å². The average molecular weight is 451 g/mol. The molecule has 6 nitrogen and oxygen atoms in total. The van der Waals surface area contributed by atoms with Gasteiger partial charge in [-0.2, -0.15) is 0 Å². The Morgan fingerprint density at radius 3 is 2.38 bits per heavy atom. The van der Waals surface area contributed by atoms with E-state index in [1.165, 1.54) is 36.4 Å². The number of anilines is 1. The predicted octanol–water partition coefficient (Wildman–Crippen LogP) is 4.99. The summed E-state index contributed by atoms with van der Waals surface area (Å²) >= 11 is 12.3. The Morgan fingerprint density at radius 1 is 1.03 bits per heavy atom. The Morgan fingerprint density at radius 2 is 1.72 bits per heavy atom. The van der Waals surface area contributed by atoms with Crippen molar-refractivity contribution in [3.8, 4) is 11.5 Å². The fourth-order valence-corrected chi connectivity index (χ4v) is 3.65. The molecule has 0 aliphatic heterocycles. The number of carbonyl (C=O) groups is 1. The summed E-state index contributed by atoms with van der Waals surface area (Å²) in [6.07, 6.45) is 0. The third kappa shape index (κ3) is 5.27. The van der Waals surface area contributed by atoms with Crippen molar-refractivity contribution < 1.29 is 17.9 Å². The number of amides is 1. The molecule has 0 saturated heterocycles. The highest BCUT2D eigenvalue weighted by molar-refractivity contribution is 7.89. The molecule has 0 radical (unpaired) electrons. The van der Waals surface area contributed by atoms with Crippen molar-refractivity contribution in [1.29, 1.82) is 0 Å². The number of halogens is 2. The normalized spacial score (nSPS) is 11.2. The van der Waals surface area contributed by atoms with E-state index < -0.39 is 15.9 Å². The number of carbonyl (C=O) groups excluding carboxylic acids is 1. The molecule has 0 aromatic heterocycles. The molecular formula is C20H16Cl2N2O4S. The monoisotopic (exact) mass is 450 g/mol. The second-order valence-electron chi connectivity index (χ2n) is 6.20. The van der Waals surface area contributed by atoms with Crippen LogP contribution in [-0.2, 0) is 10.0 Å². The van der Waals surface area contributed by atoms with Gasteiger partial charge in [-0.1, -0.05) is 47.0 Å². The highest BCUT2D eigenvalue weighted by Gasteiger charge is 2.20. The van der Waals surface area contributed by atoms with Gasteiger partial charge in [0.15, 0.2) is 0 Å². The molecule has 1 amide bonds. The summed E-state index contributed by atoms with van der Waals surface area (Å²) < 4.78 is 28.9. The minimum atomic E-state index is -3.91. The van der Waals surface area contributed by atoms with Crippen LogP contribution in [0.1, 0.15) is 15.9 Å². The zero-order chi connectivity index (χ0) is 21.2. The van der Waals surface area contributed by atoms with Crippen molar-refractivity contribution >= 4 is 44.8 Å². The smallest absolute Gasteiger partial charge is 0.260 e. The minimum Gasteiger partial charge on any atom is -0.456 e. The minimum absolute atomic E-state index is 0.0534.